The standard InChI is InChI=1S/C19H28N4O3/c1-3-9-20-17(24)14-21(2)18(25)15-22-10-12-23(13-11-22)19(26)16-7-5-4-6-8-16/h4-8H,3,9-15H2,1-2H3,(H,20,24)/p+1. The van der Waals surface area contributed by atoms with Crippen molar-refractivity contribution in [3.63, 3.8) is 0 Å². The molecule has 0 spiro atoms. The first-order valence-corrected chi connectivity index (χ1v) is 9.19. The molecule has 1 aliphatic heterocycles. The van der Waals surface area contributed by atoms with Gasteiger partial charge >= 0.3 is 0 Å². The number of nitrogens with one attached hydrogen (secondary N) is 2. The van der Waals surface area contributed by atoms with Crippen molar-refractivity contribution >= 4 is 17.7 Å². The van der Waals surface area contributed by atoms with Crippen molar-refractivity contribution in [3.8, 4) is 0 Å². The predicted molar refractivity (Wildman–Crippen MR) is 98.8 cm³/mol. The lowest BCUT2D eigenvalue weighted by molar-refractivity contribution is -0.896. The van der Waals surface area contributed by atoms with Gasteiger partial charge in [-0.2, -0.15) is 0 Å². The zero-order chi connectivity index (χ0) is 18.9. The van der Waals surface area contributed by atoms with Crippen molar-refractivity contribution in [2.45, 2.75) is 13.3 Å². The van der Waals surface area contributed by atoms with Crippen molar-refractivity contribution in [2.75, 3.05) is 52.9 Å². The lowest BCUT2D eigenvalue weighted by Crippen LogP contribution is -3.15. The Kier molecular flexibility index (Phi) is 7.59. The molecule has 1 heterocycles. The largest absolute Gasteiger partial charge is 0.355 e. The number of quaternary nitrogens is 1. The van der Waals surface area contributed by atoms with Gasteiger partial charge in [-0.3, -0.25) is 14.4 Å². The molecule has 1 aromatic rings. The third kappa shape index (κ3) is 5.84. The second kappa shape index (κ2) is 9.91. The Morgan fingerprint density at radius 1 is 1.15 bits per heavy atom. The summed E-state index contributed by atoms with van der Waals surface area (Å²) in [6.45, 7) is 5.80. The molecular weight excluding hydrogens is 332 g/mol. The number of hydrogen-bond acceptors (Lipinski definition) is 3. The molecule has 0 atom stereocenters. The van der Waals surface area contributed by atoms with Crippen LogP contribution >= 0.6 is 0 Å². The first-order valence-electron chi connectivity index (χ1n) is 9.19. The van der Waals surface area contributed by atoms with Crippen LogP contribution in [0.25, 0.3) is 0 Å². The van der Waals surface area contributed by atoms with E-state index in [0.717, 1.165) is 24.4 Å². The number of carbonyl (C=O) groups is 3. The van der Waals surface area contributed by atoms with Crippen LogP contribution in [0.4, 0.5) is 0 Å². The van der Waals surface area contributed by atoms with Crippen LogP contribution in [0, 0.1) is 0 Å². The molecule has 0 radical (unpaired) electrons. The number of benzene rings is 1. The van der Waals surface area contributed by atoms with Gasteiger partial charge in [-0.1, -0.05) is 25.1 Å². The maximum atomic E-state index is 12.4. The van der Waals surface area contributed by atoms with Gasteiger partial charge in [-0.05, 0) is 18.6 Å². The van der Waals surface area contributed by atoms with Gasteiger partial charge in [0.05, 0.1) is 32.7 Å². The van der Waals surface area contributed by atoms with Gasteiger partial charge in [0.25, 0.3) is 11.8 Å². The lowest BCUT2D eigenvalue weighted by atomic mass is 10.2. The number of amides is 3. The van der Waals surface area contributed by atoms with Crippen LogP contribution in [0.5, 0.6) is 0 Å². The highest BCUT2D eigenvalue weighted by atomic mass is 16.2. The highest BCUT2D eigenvalue weighted by Gasteiger charge is 2.27. The Morgan fingerprint density at radius 3 is 2.42 bits per heavy atom. The molecular formula is C19H29N4O3+. The molecule has 2 N–H and O–H groups in total. The van der Waals surface area contributed by atoms with E-state index in [4.69, 9.17) is 0 Å². The maximum absolute atomic E-state index is 12.4. The van der Waals surface area contributed by atoms with Crippen LogP contribution in [-0.2, 0) is 9.59 Å². The summed E-state index contributed by atoms with van der Waals surface area (Å²) in [5.41, 5.74) is 0.699. The summed E-state index contributed by atoms with van der Waals surface area (Å²) >= 11 is 0. The van der Waals surface area contributed by atoms with E-state index in [0.29, 0.717) is 31.7 Å². The molecule has 142 valence electrons. The van der Waals surface area contributed by atoms with E-state index in [1.54, 1.807) is 7.05 Å². The normalized spacial score (nSPS) is 14.8. The summed E-state index contributed by atoms with van der Waals surface area (Å²) in [6.07, 6.45) is 0.875. The predicted octanol–water partition coefficient (Wildman–Crippen LogP) is -0.988. The summed E-state index contributed by atoms with van der Waals surface area (Å²) in [4.78, 5) is 40.9. The Morgan fingerprint density at radius 2 is 1.81 bits per heavy atom. The quantitative estimate of drug-likeness (QED) is 0.655. The molecule has 2 rings (SSSR count). The van der Waals surface area contributed by atoms with Crippen LogP contribution in [-0.4, -0.2) is 80.4 Å². The van der Waals surface area contributed by atoms with Crippen LogP contribution in [0.3, 0.4) is 0 Å². The molecule has 26 heavy (non-hydrogen) atoms. The Labute approximate surface area is 154 Å². The number of piperazine rings is 1. The summed E-state index contributed by atoms with van der Waals surface area (Å²) in [5, 5.41) is 2.77. The first-order chi connectivity index (χ1) is 12.5. The molecule has 1 fully saturated rings. The zero-order valence-electron chi connectivity index (χ0n) is 15.7. The molecule has 0 unspecified atom stereocenters. The average Bonchev–Trinajstić information content (AvgIpc) is 2.67. The van der Waals surface area contributed by atoms with E-state index in [2.05, 4.69) is 5.32 Å². The zero-order valence-corrected chi connectivity index (χ0v) is 15.7. The van der Waals surface area contributed by atoms with E-state index in [9.17, 15) is 14.4 Å². The Hall–Kier alpha value is -2.41. The highest BCUT2D eigenvalue weighted by molar-refractivity contribution is 5.94. The summed E-state index contributed by atoms with van der Waals surface area (Å²) in [5.74, 6) is -0.133. The number of rotatable bonds is 7. The first kappa shape index (κ1) is 19.9. The number of hydrogen-bond donors (Lipinski definition) is 2. The van der Waals surface area contributed by atoms with Crippen molar-refractivity contribution in [1.29, 1.82) is 0 Å². The fourth-order valence-electron chi connectivity index (χ4n) is 2.94. The van der Waals surface area contributed by atoms with Crippen molar-refractivity contribution in [3.05, 3.63) is 35.9 Å². The molecule has 0 bridgehead atoms. The van der Waals surface area contributed by atoms with Crippen molar-refractivity contribution in [1.82, 2.24) is 15.1 Å². The highest BCUT2D eigenvalue weighted by Crippen LogP contribution is 2.04. The summed E-state index contributed by atoms with van der Waals surface area (Å²) in [7, 11) is 1.66. The van der Waals surface area contributed by atoms with Crippen molar-refractivity contribution < 1.29 is 19.3 Å². The fourth-order valence-corrected chi connectivity index (χ4v) is 2.94. The van der Waals surface area contributed by atoms with E-state index in [1.807, 2.05) is 42.2 Å². The number of carbonyl (C=O) groups excluding carboxylic acids is 3. The van der Waals surface area contributed by atoms with E-state index >= 15 is 0 Å². The number of likely N-dealkylation sites (N-methyl/N-ethyl adjacent to an activating group) is 1. The second-order valence-electron chi connectivity index (χ2n) is 6.68. The third-order valence-electron chi connectivity index (χ3n) is 4.56. The molecule has 1 saturated heterocycles. The molecule has 0 aromatic heterocycles. The second-order valence-corrected chi connectivity index (χ2v) is 6.68. The summed E-state index contributed by atoms with van der Waals surface area (Å²) in [6, 6.07) is 9.26. The topological polar surface area (TPSA) is 74.2 Å². The van der Waals surface area contributed by atoms with Gasteiger partial charge in [0.2, 0.25) is 5.91 Å². The molecule has 7 heteroatoms. The number of nitrogens with zero attached hydrogens (tertiary/aromatic N) is 2. The minimum atomic E-state index is -0.129. The van der Waals surface area contributed by atoms with Gasteiger partial charge < -0.3 is 20.0 Å². The van der Waals surface area contributed by atoms with Crippen LogP contribution < -0.4 is 10.2 Å². The van der Waals surface area contributed by atoms with Crippen molar-refractivity contribution in [2.24, 2.45) is 0 Å². The van der Waals surface area contributed by atoms with Gasteiger partial charge in [-0.15, -0.1) is 0 Å². The Bertz CT molecular complexity index is 612. The molecule has 1 aromatic carbocycles. The minimum Gasteiger partial charge on any atom is -0.355 e. The summed E-state index contributed by atoms with van der Waals surface area (Å²) < 4.78 is 0. The molecule has 0 saturated carbocycles. The maximum Gasteiger partial charge on any atom is 0.277 e. The van der Waals surface area contributed by atoms with E-state index < -0.39 is 0 Å². The fraction of sp³-hybridized carbons (Fsp3) is 0.526. The van der Waals surface area contributed by atoms with Gasteiger partial charge in [-0.25, -0.2) is 0 Å². The molecule has 7 nitrogen and oxygen atoms in total. The lowest BCUT2D eigenvalue weighted by Gasteiger charge is -2.32. The molecule has 3 amide bonds. The third-order valence-corrected chi connectivity index (χ3v) is 4.56. The smallest absolute Gasteiger partial charge is 0.277 e. The van der Waals surface area contributed by atoms with E-state index in [1.165, 1.54) is 4.90 Å². The Balaban J connectivity index is 1.75. The van der Waals surface area contributed by atoms with E-state index in [-0.39, 0.29) is 24.3 Å². The van der Waals surface area contributed by atoms with Crippen LogP contribution in [0.15, 0.2) is 30.3 Å². The van der Waals surface area contributed by atoms with Gasteiger partial charge in [0.15, 0.2) is 6.54 Å². The molecule has 0 aliphatic carbocycles. The SMILES string of the molecule is CCCNC(=O)CN(C)C(=O)C[NH+]1CCN(C(=O)c2ccccc2)CC1. The molecule has 1 aliphatic rings. The monoisotopic (exact) mass is 361 g/mol. The van der Waals surface area contributed by atoms with Crippen LogP contribution in [0.2, 0.25) is 0 Å². The van der Waals surface area contributed by atoms with Crippen LogP contribution in [0.1, 0.15) is 23.7 Å². The average molecular weight is 361 g/mol. The minimum absolute atomic E-state index is 0.0423. The van der Waals surface area contributed by atoms with Gasteiger partial charge in [0.1, 0.15) is 0 Å². The van der Waals surface area contributed by atoms with Gasteiger partial charge in [0, 0.05) is 19.2 Å².